The molecule has 0 aliphatic rings. The maximum Gasteiger partial charge on any atom is 0.178 e. The quantitative estimate of drug-likeness (QED) is 0.320. The molecule has 0 unspecified atom stereocenters. The fourth-order valence-electron chi connectivity index (χ4n) is 0.793. The first kappa shape index (κ1) is 8.27. The number of hydrogen-bond donors (Lipinski definition) is 0. The van der Waals surface area contributed by atoms with Gasteiger partial charge in [-0.05, 0) is 12.1 Å². The monoisotopic (exact) mass is 213 g/mol. The standard InChI is InChI=1S/C8H8BrNO/c1-10(11)6-7-2-4-8(9)5-3-7/h2-5H,1,6H2. The second-order valence-electron chi connectivity index (χ2n) is 2.27. The van der Waals surface area contributed by atoms with E-state index in [0.717, 1.165) is 10.0 Å². The summed E-state index contributed by atoms with van der Waals surface area (Å²) in [6.45, 7) is 3.56. The topological polar surface area (TPSA) is 26.1 Å². The van der Waals surface area contributed by atoms with Crippen molar-refractivity contribution in [2.75, 3.05) is 0 Å². The summed E-state index contributed by atoms with van der Waals surface area (Å²) >= 11 is 3.30. The van der Waals surface area contributed by atoms with Gasteiger partial charge in [-0.25, -0.2) is 4.74 Å². The van der Waals surface area contributed by atoms with Gasteiger partial charge in [-0.1, -0.05) is 28.1 Å². The molecule has 0 aliphatic heterocycles. The Labute approximate surface area is 73.9 Å². The van der Waals surface area contributed by atoms with Gasteiger partial charge in [-0.2, -0.15) is 0 Å². The summed E-state index contributed by atoms with van der Waals surface area (Å²) in [6, 6.07) is 7.58. The van der Waals surface area contributed by atoms with Gasteiger partial charge in [0.2, 0.25) is 0 Å². The molecule has 1 aromatic rings. The largest absolute Gasteiger partial charge is 0.624 e. The summed E-state index contributed by atoms with van der Waals surface area (Å²) in [5, 5.41) is 10.5. The highest BCUT2D eigenvalue weighted by molar-refractivity contribution is 9.10. The minimum absolute atomic E-state index is 0.341. The highest BCUT2D eigenvalue weighted by Gasteiger charge is 1.94. The fraction of sp³-hybridized carbons (Fsp3) is 0.125. The van der Waals surface area contributed by atoms with Crippen LogP contribution in [0.15, 0.2) is 28.7 Å². The number of halogens is 1. The van der Waals surface area contributed by atoms with Crippen molar-refractivity contribution in [2.24, 2.45) is 0 Å². The first-order chi connectivity index (χ1) is 5.18. The molecule has 0 N–H and O–H groups in total. The molecular formula is C8H8BrNO. The molecule has 0 aliphatic carbocycles. The highest BCUT2D eigenvalue weighted by atomic mass is 79.9. The fourth-order valence-corrected chi connectivity index (χ4v) is 1.06. The van der Waals surface area contributed by atoms with Crippen LogP contribution in [0.25, 0.3) is 0 Å². The van der Waals surface area contributed by atoms with Gasteiger partial charge < -0.3 is 5.21 Å². The van der Waals surface area contributed by atoms with Crippen LogP contribution in [0.4, 0.5) is 0 Å². The smallest absolute Gasteiger partial charge is 0.178 e. The van der Waals surface area contributed by atoms with E-state index in [4.69, 9.17) is 0 Å². The lowest BCUT2D eigenvalue weighted by Crippen LogP contribution is -1.98. The third-order valence-corrected chi connectivity index (χ3v) is 1.80. The van der Waals surface area contributed by atoms with E-state index in [9.17, 15) is 5.21 Å². The molecule has 0 saturated heterocycles. The van der Waals surface area contributed by atoms with Gasteiger partial charge in [0.1, 0.15) is 6.72 Å². The number of rotatable bonds is 2. The average molecular weight is 214 g/mol. The van der Waals surface area contributed by atoms with Gasteiger partial charge in [0.15, 0.2) is 6.54 Å². The molecule has 0 bridgehead atoms. The van der Waals surface area contributed by atoms with Gasteiger partial charge in [-0.3, -0.25) is 0 Å². The molecule has 0 fully saturated rings. The zero-order valence-corrected chi connectivity index (χ0v) is 7.54. The van der Waals surface area contributed by atoms with E-state index in [-0.39, 0.29) is 0 Å². The van der Waals surface area contributed by atoms with Crippen LogP contribution >= 0.6 is 15.9 Å². The molecule has 3 heteroatoms. The van der Waals surface area contributed by atoms with Crippen LogP contribution in [0, 0.1) is 5.21 Å². The Bertz CT molecular complexity index is 255. The molecule has 0 radical (unpaired) electrons. The Morgan fingerprint density at radius 2 is 1.91 bits per heavy atom. The van der Waals surface area contributed by atoms with Crippen LogP contribution in [0.5, 0.6) is 0 Å². The summed E-state index contributed by atoms with van der Waals surface area (Å²) in [4.78, 5) is 0. The summed E-state index contributed by atoms with van der Waals surface area (Å²) in [6.07, 6.45) is 0. The van der Waals surface area contributed by atoms with Crippen LogP contribution in [-0.2, 0) is 6.54 Å². The van der Waals surface area contributed by atoms with Crippen LogP contribution in [0.3, 0.4) is 0 Å². The minimum Gasteiger partial charge on any atom is -0.624 e. The second-order valence-corrected chi connectivity index (χ2v) is 3.18. The third-order valence-electron chi connectivity index (χ3n) is 1.27. The van der Waals surface area contributed by atoms with E-state index < -0.39 is 0 Å². The predicted molar refractivity (Wildman–Crippen MR) is 48.6 cm³/mol. The molecule has 2 nitrogen and oxygen atoms in total. The Kier molecular flexibility index (Phi) is 2.65. The molecule has 1 aromatic carbocycles. The average Bonchev–Trinajstić information content (AvgIpc) is 1.93. The van der Waals surface area contributed by atoms with Gasteiger partial charge in [-0.15, -0.1) is 0 Å². The van der Waals surface area contributed by atoms with Crippen LogP contribution < -0.4 is 0 Å². The molecule has 0 heterocycles. The summed E-state index contributed by atoms with van der Waals surface area (Å²) < 4.78 is 1.67. The second kappa shape index (κ2) is 3.53. The third kappa shape index (κ3) is 2.72. The van der Waals surface area contributed by atoms with Crippen molar-refractivity contribution < 1.29 is 4.74 Å². The highest BCUT2D eigenvalue weighted by Crippen LogP contribution is 2.10. The molecule has 0 spiro atoms. The molecule has 11 heavy (non-hydrogen) atoms. The molecule has 0 atom stereocenters. The lowest BCUT2D eigenvalue weighted by molar-refractivity contribution is -0.465. The van der Waals surface area contributed by atoms with Crippen LogP contribution in [-0.4, -0.2) is 11.5 Å². The van der Waals surface area contributed by atoms with Crippen molar-refractivity contribution in [3.8, 4) is 0 Å². The minimum atomic E-state index is 0.341. The maximum atomic E-state index is 10.5. The molecule has 58 valence electrons. The Hall–Kier alpha value is -0.830. The van der Waals surface area contributed by atoms with Crippen molar-refractivity contribution in [2.45, 2.75) is 6.54 Å². The van der Waals surface area contributed by atoms with E-state index in [1.165, 1.54) is 0 Å². The predicted octanol–water partition coefficient (Wildman–Crippen LogP) is 2.16. The Morgan fingerprint density at radius 3 is 2.36 bits per heavy atom. The van der Waals surface area contributed by atoms with Crippen molar-refractivity contribution >= 4 is 22.6 Å². The maximum absolute atomic E-state index is 10.5. The molecule has 0 amide bonds. The SMILES string of the molecule is C=[N+]([O-])Cc1ccc(Br)cc1. The van der Waals surface area contributed by atoms with E-state index in [1.54, 1.807) is 0 Å². The molecule has 1 rings (SSSR count). The Balaban J connectivity index is 2.74. The zero-order chi connectivity index (χ0) is 8.27. The molecule has 0 aromatic heterocycles. The van der Waals surface area contributed by atoms with Gasteiger partial charge in [0.25, 0.3) is 0 Å². The number of nitrogens with zero attached hydrogens (tertiary/aromatic N) is 1. The molecular weight excluding hydrogens is 206 g/mol. The number of hydrogen-bond acceptors (Lipinski definition) is 1. The summed E-state index contributed by atoms with van der Waals surface area (Å²) in [7, 11) is 0. The lowest BCUT2D eigenvalue weighted by atomic mass is 10.2. The van der Waals surface area contributed by atoms with Crippen molar-refractivity contribution in [3.05, 3.63) is 39.5 Å². The van der Waals surface area contributed by atoms with Crippen LogP contribution in [0.2, 0.25) is 0 Å². The lowest BCUT2D eigenvalue weighted by Gasteiger charge is -2.00. The number of hydroxylamine groups is 1. The Morgan fingerprint density at radius 1 is 1.36 bits per heavy atom. The van der Waals surface area contributed by atoms with E-state index in [2.05, 4.69) is 22.6 Å². The normalized spacial score (nSPS) is 9.55. The first-order valence-electron chi connectivity index (χ1n) is 3.18. The van der Waals surface area contributed by atoms with Crippen molar-refractivity contribution in [3.63, 3.8) is 0 Å². The summed E-state index contributed by atoms with van der Waals surface area (Å²) in [5.41, 5.74) is 0.971. The van der Waals surface area contributed by atoms with E-state index in [0.29, 0.717) is 11.3 Å². The van der Waals surface area contributed by atoms with Gasteiger partial charge in [0, 0.05) is 10.0 Å². The first-order valence-corrected chi connectivity index (χ1v) is 3.97. The van der Waals surface area contributed by atoms with E-state index >= 15 is 0 Å². The van der Waals surface area contributed by atoms with Gasteiger partial charge >= 0.3 is 0 Å². The zero-order valence-electron chi connectivity index (χ0n) is 5.96. The van der Waals surface area contributed by atoms with Crippen molar-refractivity contribution in [1.29, 1.82) is 0 Å². The summed E-state index contributed by atoms with van der Waals surface area (Å²) in [5.74, 6) is 0. The van der Waals surface area contributed by atoms with E-state index in [1.807, 2.05) is 24.3 Å². The van der Waals surface area contributed by atoms with Crippen LogP contribution in [0.1, 0.15) is 5.56 Å². The molecule has 0 saturated carbocycles. The van der Waals surface area contributed by atoms with Gasteiger partial charge in [0.05, 0.1) is 0 Å². The van der Waals surface area contributed by atoms with Crippen molar-refractivity contribution in [1.82, 2.24) is 0 Å². The number of benzene rings is 1.